The highest BCUT2D eigenvalue weighted by Gasteiger charge is 2.31. The Kier molecular flexibility index (Phi) is 2.58. The quantitative estimate of drug-likeness (QED) is 0.754. The van der Waals surface area contributed by atoms with Gasteiger partial charge in [-0.05, 0) is 32.0 Å². The number of halogens is 1. The van der Waals surface area contributed by atoms with Crippen LogP contribution in [-0.2, 0) is 4.79 Å². The largest absolute Gasteiger partial charge is 0.377 e. The molecule has 1 N–H and O–H groups in total. The van der Waals surface area contributed by atoms with Crippen molar-refractivity contribution in [3.05, 3.63) is 23.2 Å². The maximum absolute atomic E-state index is 11.6. The van der Waals surface area contributed by atoms with E-state index in [1.165, 1.54) is 0 Å². The smallest absolute Gasteiger partial charge is 0.224 e. The molecule has 16 heavy (non-hydrogen) atoms. The van der Waals surface area contributed by atoms with Crippen LogP contribution in [0, 0.1) is 0 Å². The fourth-order valence-corrected chi connectivity index (χ4v) is 2.17. The minimum atomic E-state index is -0.119. The first-order valence-corrected chi connectivity index (χ1v) is 5.63. The van der Waals surface area contributed by atoms with Gasteiger partial charge in [0.1, 0.15) is 0 Å². The molecule has 0 fully saturated rings. The van der Waals surface area contributed by atoms with Crippen molar-refractivity contribution < 1.29 is 4.79 Å². The normalized spacial score (nSPS) is 17.6. The van der Waals surface area contributed by atoms with Crippen molar-refractivity contribution in [3.8, 4) is 0 Å². The standard InChI is InChI=1S/C12H15ClN2O/c1-8(16)15-7-12(2,3)14-10-5-4-9(13)6-11(10)15/h4-6,14H,7H2,1-3H3. The molecule has 86 valence electrons. The molecule has 0 radical (unpaired) electrons. The zero-order valence-electron chi connectivity index (χ0n) is 9.67. The minimum absolute atomic E-state index is 0.0399. The zero-order valence-corrected chi connectivity index (χ0v) is 10.4. The van der Waals surface area contributed by atoms with Gasteiger partial charge < -0.3 is 10.2 Å². The second-order valence-electron chi connectivity index (χ2n) is 4.78. The SMILES string of the molecule is CC(=O)N1CC(C)(C)Nc2ccc(Cl)cc21. The van der Waals surface area contributed by atoms with Crippen molar-refractivity contribution >= 4 is 28.9 Å². The summed E-state index contributed by atoms with van der Waals surface area (Å²) >= 11 is 5.95. The predicted octanol–water partition coefficient (Wildman–Crippen LogP) is 2.90. The van der Waals surface area contributed by atoms with Gasteiger partial charge in [-0.1, -0.05) is 11.6 Å². The van der Waals surface area contributed by atoms with Crippen LogP contribution in [0.2, 0.25) is 5.02 Å². The molecule has 1 amide bonds. The summed E-state index contributed by atoms with van der Waals surface area (Å²) in [5.41, 5.74) is 1.70. The second-order valence-corrected chi connectivity index (χ2v) is 5.21. The lowest BCUT2D eigenvalue weighted by Crippen LogP contribution is -2.50. The molecule has 1 aliphatic rings. The second kappa shape index (κ2) is 3.67. The van der Waals surface area contributed by atoms with Gasteiger partial charge in [0.15, 0.2) is 0 Å². The van der Waals surface area contributed by atoms with E-state index in [-0.39, 0.29) is 11.4 Å². The zero-order chi connectivity index (χ0) is 11.9. The fraction of sp³-hybridized carbons (Fsp3) is 0.417. The average molecular weight is 239 g/mol. The Morgan fingerprint density at radius 3 is 2.81 bits per heavy atom. The first-order valence-electron chi connectivity index (χ1n) is 5.25. The van der Waals surface area contributed by atoms with Crippen LogP contribution in [0.1, 0.15) is 20.8 Å². The number of hydrogen-bond acceptors (Lipinski definition) is 2. The van der Waals surface area contributed by atoms with Crippen molar-refractivity contribution in [2.75, 3.05) is 16.8 Å². The minimum Gasteiger partial charge on any atom is -0.377 e. The average Bonchev–Trinajstić information content (AvgIpc) is 2.16. The summed E-state index contributed by atoms with van der Waals surface area (Å²) in [6.45, 7) is 6.36. The molecule has 0 saturated heterocycles. The summed E-state index contributed by atoms with van der Waals surface area (Å²) < 4.78 is 0. The van der Waals surface area contributed by atoms with E-state index in [1.807, 2.05) is 18.2 Å². The number of nitrogens with zero attached hydrogens (tertiary/aromatic N) is 1. The Balaban J connectivity index is 2.51. The van der Waals surface area contributed by atoms with Crippen LogP contribution in [0.5, 0.6) is 0 Å². The molecule has 1 aromatic rings. The monoisotopic (exact) mass is 238 g/mol. The van der Waals surface area contributed by atoms with Crippen molar-refractivity contribution in [1.82, 2.24) is 0 Å². The van der Waals surface area contributed by atoms with E-state index in [0.29, 0.717) is 11.6 Å². The number of hydrogen-bond donors (Lipinski definition) is 1. The lowest BCUT2D eigenvalue weighted by atomic mass is 9.99. The van der Waals surface area contributed by atoms with Gasteiger partial charge in [0.05, 0.1) is 11.4 Å². The molecule has 1 aliphatic heterocycles. The molecule has 0 spiro atoms. The van der Waals surface area contributed by atoms with Crippen LogP contribution in [0.25, 0.3) is 0 Å². The molecule has 2 rings (SSSR count). The molecule has 3 nitrogen and oxygen atoms in total. The molecular weight excluding hydrogens is 224 g/mol. The van der Waals surface area contributed by atoms with Crippen molar-refractivity contribution in [1.29, 1.82) is 0 Å². The Bertz CT molecular complexity index is 443. The van der Waals surface area contributed by atoms with Crippen molar-refractivity contribution in [2.24, 2.45) is 0 Å². The molecule has 0 atom stereocenters. The predicted molar refractivity (Wildman–Crippen MR) is 67.2 cm³/mol. The van der Waals surface area contributed by atoms with Crippen molar-refractivity contribution in [2.45, 2.75) is 26.3 Å². The van der Waals surface area contributed by atoms with Gasteiger partial charge in [0.25, 0.3) is 0 Å². The van der Waals surface area contributed by atoms with Gasteiger partial charge in [-0.3, -0.25) is 4.79 Å². The first-order chi connectivity index (χ1) is 7.39. The number of rotatable bonds is 0. The molecular formula is C12H15ClN2O. The van der Waals surface area contributed by atoms with Gasteiger partial charge in [-0.15, -0.1) is 0 Å². The molecule has 1 aromatic carbocycles. The Hall–Kier alpha value is -1.22. The number of benzene rings is 1. The van der Waals surface area contributed by atoms with Gasteiger partial charge in [0, 0.05) is 24.0 Å². The van der Waals surface area contributed by atoms with E-state index in [2.05, 4.69) is 19.2 Å². The van der Waals surface area contributed by atoms with E-state index in [1.54, 1.807) is 11.8 Å². The summed E-state index contributed by atoms with van der Waals surface area (Å²) in [6.07, 6.45) is 0. The highest BCUT2D eigenvalue weighted by Crippen LogP contribution is 2.36. The van der Waals surface area contributed by atoms with Crippen LogP contribution in [0.4, 0.5) is 11.4 Å². The summed E-state index contributed by atoms with van der Waals surface area (Å²) in [6, 6.07) is 5.56. The van der Waals surface area contributed by atoms with Gasteiger partial charge in [0.2, 0.25) is 5.91 Å². The Labute approximate surface area is 100 Å². The number of carbonyl (C=O) groups excluding carboxylic acids is 1. The van der Waals surface area contributed by atoms with Crippen LogP contribution in [0.3, 0.4) is 0 Å². The third-order valence-electron chi connectivity index (χ3n) is 2.66. The van der Waals surface area contributed by atoms with Crippen LogP contribution in [0.15, 0.2) is 18.2 Å². The van der Waals surface area contributed by atoms with Crippen molar-refractivity contribution in [3.63, 3.8) is 0 Å². The highest BCUT2D eigenvalue weighted by molar-refractivity contribution is 6.31. The molecule has 0 aromatic heterocycles. The maximum atomic E-state index is 11.6. The van der Waals surface area contributed by atoms with E-state index in [9.17, 15) is 4.79 Å². The fourth-order valence-electron chi connectivity index (χ4n) is 2.00. The topological polar surface area (TPSA) is 32.3 Å². The van der Waals surface area contributed by atoms with E-state index in [4.69, 9.17) is 11.6 Å². The van der Waals surface area contributed by atoms with Crippen LogP contribution >= 0.6 is 11.6 Å². The lowest BCUT2D eigenvalue weighted by molar-refractivity contribution is -0.116. The number of amides is 1. The lowest BCUT2D eigenvalue weighted by Gasteiger charge is -2.40. The Morgan fingerprint density at radius 1 is 1.50 bits per heavy atom. The van der Waals surface area contributed by atoms with Crippen LogP contribution in [-0.4, -0.2) is 18.0 Å². The molecule has 1 heterocycles. The third kappa shape index (κ3) is 2.00. The number of fused-ring (bicyclic) bond motifs is 1. The van der Waals surface area contributed by atoms with E-state index >= 15 is 0 Å². The summed E-state index contributed by atoms with van der Waals surface area (Å²) in [5.74, 6) is 0.0399. The highest BCUT2D eigenvalue weighted by atomic mass is 35.5. The third-order valence-corrected chi connectivity index (χ3v) is 2.89. The maximum Gasteiger partial charge on any atom is 0.224 e. The van der Waals surface area contributed by atoms with Gasteiger partial charge in [-0.25, -0.2) is 0 Å². The molecule has 0 bridgehead atoms. The van der Waals surface area contributed by atoms with E-state index in [0.717, 1.165) is 11.4 Å². The van der Waals surface area contributed by atoms with Crippen LogP contribution < -0.4 is 10.2 Å². The number of carbonyl (C=O) groups is 1. The number of anilines is 2. The summed E-state index contributed by atoms with van der Waals surface area (Å²) in [5, 5.41) is 4.04. The summed E-state index contributed by atoms with van der Waals surface area (Å²) in [7, 11) is 0. The molecule has 4 heteroatoms. The van der Waals surface area contributed by atoms with Gasteiger partial charge >= 0.3 is 0 Å². The molecule has 0 unspecified atom stereocenters. The molecule has 0 saturated carbocycles. The Morgan fingerprint density at radius 2 is 2.19 bits per heavy atom. The van der Waals surface area contributed by atoms with E-state index < -0.39 is 0 Å². The van der Waals surface area contributed by atoms with Gasteiger partial charge in [-0.2, -0.15) is 0 Å². The number of nitrogens with one attached hydrogen (secondary N) is 1. The molecule has 0 aliphatic carbocycles. The first kappa shape index (κ1) is 11.3. The summed E-state index contributed by atoms with van der Waals surface area (Å²) in [4.78, 5) is 13.4.